The summed E-state index contributed by atoms with van der Waals surface area (Å²) in [6, 6.07) is 14.5. The molecule has 1 saturated carbocycles. The molecule has 0 heterocycles. The van der Waals surface area contributed by atoms with Crippen molar-refractivity contribution < 1.29 is 29.0 Å². The van der Waals surface area contributed by atoms with Crippen molar-refractivity contribution in [3.63, 3.8) is 0 Å². The number of carboxylic acid groups (broad SMARTS) is 1. The van der Waals surface area contributed by atoms with Crippen LogP contribution in [0.2, 0.25) is 0 Å². The molecule has 2 aliphatic carbocycles. The molecule has 1 fully saturated rings. The van der Waals surface area contributed by atoms with Crippen molar-refractivity contribution in [1.82, 2.24) is 10.6 Å². The van der Waals surface area contributed by atoms with Gasteiger partial charge in [-0.1, -0.05) is 62.4 Å². The van der Waals surface area contributed by atoms with E-state index in [4.69, 9.17) is 4.74 Å². The molecule has 0 aliphatic heterocycles. The number of alkyl carbamates (subject to hydrolysis) is 1. The van der Waals surface area contributed by atoms with Gasteiger partial charge in [0, 0.05) is 31.0 Å². The Bertz CT molecular complexity index is 1190. The fourth-order valence-electron chi connectivity index (χ4n) is 5.01. The van der Waals surface area contributed by atoms with E-state index in [1.165, 1.54) is 0 Å². The molecule has 0 unspecified atom stereocenters. The zero-order valence-electron chi connectivity index (χ0n) is 20.6. The van der Waals surface area contributed by atoms with Crippen LogP contribution in [0.4, 0.5) is 4.79 Å². The summed E-state index contributed by atoms with van der Waals surface area (Å²) in [6.45, 7) is 5.14. The number of allylic oxidation sites excluding steroid dienone is 2. The van der Waals surface area contributed by atoms with E-state index in [0.29, 0.717) is 5.70 Å². The van der Waals surface area contributed by atoms with Crippen LogP contribution >= 0.6 is 0 Å². The van der Waals surface area contributed by atoms with Crippen molar-refractivity contribution in [2.24, 2.45) is 5.41 Å². The lowest BCUT2D eigenvalue weighted by molar-refractivity contribution is -0.139. The van der Waals surface area contributed by atoms with E-state index >= 15 is 0 Å². The summed E-state index contributed by atoms with van der Waals surface area (Å²) in [4.78, 5) is 49.2. The van der Waals surface area contributed by atoms with Gasteiger partial charge in [-0.3, -0.25) is 9.59 Å². The van der Waals surface area contributed by atoms with Gasteiger partial charge in [0.1, 0.15) is 12.6 Å². The number of aliphatic carboxylic acids is 1. The number of fused-ring (bicyclic) bond motifs is 3. The first-order valence-corrected chi connectivity index (χ1v) is 11.9. The summed E-state index contributed by atoms with van der Waals surface area (Å²) in [6.07, 6.45) is -0.371. The highest BCUT2D eigenvalue weighted by Crippen LogP contribution is 2.44. The highest BCUT2D eigenvalue weighted by atomic mass is 16.5. The first-order chi connectivity index (χ1) is 17.1. The van der Waals surface area contributed by atoms with Gasteiger partial charge in [0.05, 0.1) is 5.57 Å². The number of carbonyl (C=O) groups excluding carboxylic acids is 3. The third kappa shape index (κ3) is 5.17. The van der Waals surface area contributed by atoms with Crippen LogP contribution in [-0.2, 0) is 19.1 Å². The number of carboxylic acids is 1. The SMILES string of the molecule is CC(NC[C@H](NC(=O)OCC1c2ccccc2-c2ccccc21)C(=O)O)=C1C(=O)CC(C)(C)CC1=O. The largest absolute Gasteiger partial charge is 0.480 e. The molecule has 0 bridgehead atoms. The Balaban J connectivity index is 1.38. The van der Waals surface area contributed by atoms with Gasteiger partial charge in [0.2, 0.25) is 0 Å². The molecule has 2 aromatic rings. The minimum Gasteiger partial charge on any atom is -0.480 e. The van der Waals surface area contributed by atoms with Gasteiger partial charge in [-0.25, -0.2) is 9.59 Å². The first-order valence-electron chi connectivity index (χ1n) is 11.9. The normalized spacial score (nSPS) is 17.1. The van der Waals surface area contributed by atoms with Crippen LogP contribution in [0.25, 0.3) is 11.1 Å². The van der Waals surface area contributed by atoms with Gasteiger partial charge in [-0.05, 0) is 34.6 Å². The second-order valence-electron chi connectivity index (χ2n) is 10.1. The summed E-state index contributed by atoms with van der Waals surface area (Å²) in [5.74, 6) is -1.95. The molecule has 188 valence electrons. The van der Waals surface area contributed by atoms with Crippen molar-refractivity contribution in [3.8, 4) is 11.1 Å². The van der Waals surface area contributed by atoms with E-state index in [9.17, 15) is 24.3 Å². The van der Waals surface area contributed by atoms with Gasteiger partial charge < -0.3 is 20.5 Å². The quantitative estimate of drug-likeness (QED) is 0.399. The highest BCUT2D eigenvalue weighted by Gasteiger charge is 2.37. The van der Waals surface area contributed by atoms with Crippen LogP contribution in [0.3, 0.4) is 0 Å². The van der Waals surface area contributed by atoms with Crippen molar-refractivity contribution in [3.05, 3.63) is 70.9 Å². The predicted octanol–water partition coefficient (Wildman–Crippen LogP) is 3.80. The van der Waals surface area contributed by atoms with E-state index in [1.54, 1.807) is 6.92 Å². The lowest BCUT2D eigenvalue weighted by Crippen LogP contribution is -2.47. The van der Waals surface area contributed by atoms with Crippen molar-refractivity contribution in [2.45, 2.75) is 45.6 Å². The Labute approximate surface area is 209 Å². The van der Waals surface area contributed by atoms with Crippen LogP contribution in [-0.4, -0.2) is 47.9 Å². The fraction of sp³-hybridized carbons (Fsp3) is 0.357. The molecule has 0 radical (unpaired) electrons. The smallest absolute Gasteiger partial charge is 0.407 e. The maximum Gasteiger partial charge on any atom is 0.407 e. The van der Waals surface area contributed by atoms with Gasteiger partial charge in [0.15, 0.2) is 11.6 Å². The maximum absolute atomic E-state index is 12.5. The minimum atomic E-state index is -1.32. The second kappa shape index (κ2) is 9.97. The first kappa shape index (κ1) is 25.2. The number of hydrogen-bond donors (Lipinski definition) is 3. The molecule has 2 aliphatic rings. The molecule has 0 saturated heterocycles. The third-order valence-corrected chi connectivity index (χ3v) is 6.72. The predicted molar refractivity (Wildman–Crippen MR) is 133 cm³/mol. The summed E-state index contributed by atoms with van der Waals surface area (Å²) in [5, 5.41) is 14.8. The molecular weight excluding hydrogens is 460 g/mol. The number of hydrogen-bond acceptors (Lipinski definition) is 6. The third-order valence-electron chi connectivity index (χ3n) is 6.72. The number of nitrogens with one attached hydrogen (secondary N) is 2. The lowest BCUT2D eigenvalue weighted by atomic mass is 9.73. The lowest BCUT2D eigenvalue weighted by Gasteiger charge is -2.29. The monoisotopic (exact) mass is 490 g/mol. The van der Waals surface area contributed by atoms with E-state index in [2.05, 4.69) is 10.6 Å². The Morgan fingerprint density at radius 2 is 1.53 bits per heavy atom. The average molecular weight is 491 g/mol. The summed E-state index contributed by atoms with van der Waals surface area (Å²) >= 11 is 0. The number of ketones is 2. The molecule has 1 amide bonds. The van der Waals surface area contributed by atoms with Gasteiger partial charge in [0.25, 0.3) is 0 Å². The van der Waals surface area contributed by atoms with E-state index in [1.807, 2.05) is 62.4 Å². The van der Waals surface area contributed by atoms with Crippen LogP contribution in [0.15, 0.2) is 59.8 Å². The highest BCUT2D eigenvalue weighted by molar-refractivity contribution is 6.22. The minimum absolute atomic E-state index is 0.0570. The number of amides is 1. The Kier molecular flexibility index (Phi) is 6.97. The van der Waals surface area contributed by atoms with Crippen LogP contribution in [0.1, 0.15) is 50.7 Å². The number of carbonyl (C=O) groups is 4. The second-order valence-corrected chi connectivity index (χ2v) is 10.1. The molecule has 0 aromatic heterocycles. The molecule has 3 N–H and O–H groups in total. The molecule has 1 atom stereocenters. The molecule has 0 spiro atoms. The van der Waals surface area contributed by atoms with E-state index in [0.717, 1.165) is 22.3 Å². The number of benzene rings is 2. The van der Waals surface area contributed by atoms with Gasteiger partial charge in [-0.2, -0.15) is 0 Å². The number of rotatable bonds is 7. The Morgan fingerprint density at radius 1 is 1.00 bits per heavy atom. The fourth-order valence-corrected chi connectivity index (χ4v) is 5.01. The summed E-state index contributed by atoms with van der Waals surface area (Å²) < 4.78 is 5.44. The average Bonchev–Trinajstić information content (AvgIpc) is 3.12. The number of Topliss-reactive ketones (excluding diaryl/α,β-unsaturated/α-hetero) is 2. The summed E-state index contributed by atoms with van der Waals surface area (Å²) in [7, 11) is 0. The Hall–Kier alpha value is -3.94. The van der Waals surface area contributed by atoms with E-state index < -0.39 is 23.5 Å². The van der Waals surface area contributed by atoms with Crippen molar-refractivity contribution in [1.29, 1.82) is 0 Å². The van der Waals surface area contributed by atoms with Gasteiger partial charge in [-0.15, -0.1) is 0 Å². The number of ether oxygens (including phenoxy) is 1. The molecule has 8 nitrogen and oxygen atoms in total. The Morgan fingerprint density at radius 3 is 2.06 bits per heavy atom. The standard InChI is InChI=1S/C28H30N2O6/c1-16(25-23(31)12-28(2,3)13-24(25)32)29-14-22(26(33)34)30-27(35)36-15-21-19-10-6-4-8-17(19)18-9-5-7-11-20(18)21/h4-11,21-22,29H,12-15H2,1-3H3,(H,30,35)(H,33,34)/t22-/m0/s1. The zero-order valence-corrected chi connectivity index (χ0v) is 20.6. The van der Waals surface area contributed by atoms with Crippen molar-refractivity contribution in [2.75, 3.05) is 13.2 Å². The molecule has 4 rings (SSSR count). The van der Waals surface area contributed by atoms with Crippen LogP contribution in [0, 0.1) is 5.41 Å². The molecule has 2 aromatic carbocycles. The van der Waals surface area contributed by atoms with Crippen LogP contribution < -0.4 is 10.6 Å². The van der Waals surface area contributed by atoms with E-state index in [-0.39, 0.29) is 49.1 Å². The molecule has 36 heavy (non-hydrogen) atoms. The van der Waals surface area contributed by atoms with Crippen molar-refractivity contribution >= 4 is 23.6 Å². The maximum atomic E-state index is 12.5. The zero-order chi connectivity index (χ0) is 26.0. The summed E-state index contributed by atoms with van der Waals surface area (Å²) in [5.41, 5.74) is 4.26. The van der Waals surface area contributed by atoms with Crippen LogP contribution in [0.5, 0.6) is 0 Å². The molecular formula is C28H30N2O6. The topological polar surface area (TPSA) is 122 Å². The molecule has 8 heteroatoms. The van der Waals surface area contributed by atoms with Gasteiger partial charge >= 0.3 is 12.1 Å².